The summed E-state index contributed by atoms with van der Waals surface area (Å²) in [7, 11) is 0. The number of hydrogen-bond donors (Lipinski definition) is 4. The van der Waals surface area contributed by atoms with Gasteiger partial charge in [0.2, 0.25) is 5.91 Å². The zero-order valence-electron chi connectivity index (χ0n) is 17.1. The number of alkyl carbamates (subject to hydrolysis) is 1. The number of benzene rings is 2. The van der Waals surface area contributed by atoms with E-state index in [1.165, 1.54) is 0 Å². The number of carboxylic acid groups (broad SMARTS) is 1. The fraction of sp³-hybridized carbons (Fsp3) is 0.318. The standard InChI is InChI=1S/C22H21F3N2O6/c23-22(24,25)17(19(29)26-10-18(28)20(30)31)9-27-21(32)33-11-16-14-7-3-1-5-12(14)13-6-2-4-8-15(13)16/h1-8,16-18,28H,9-11H2,(H,26,29)(H,27,32)(H,30,31). The molecule has 0 bridgehead atoms. The Balaban J connectivity index is 1.59. The van der Waals surface area contributed by atoms with Crippen molar-refractivity contribution >= 4 is 18.0 Å². The van der Waals surface area contributed by atoms with E-state index in [1.54, 1.807) is 5.32 Å². The molecule has 0 spiro atoms. The van der Waals surface area contributed by atoms with Gasteiger partial charge in [0.15, 0.2) is 12.0 Å². The molecular weight excluding hydrogens is 445 g/mol. The minimum absolute atomic E-state index is 0.118. The highest BCUT2D eigenvalue weighted by Crippen LogP contribution is 2.44. The topological polar surface area (TPSA) is 125 Å². The number of aliphatic carboxylic acids is 1. The zero-order valence-corrected chi connectivity index (χ0v) is 17.1. The first-order valence-corrected chi connectivity index (χ1v) is 9.93. The lowest BCUT2D eigenvalue weighted by molar-refractivity contribution is -0.181. The molecule has 2 atom stereocenters. The van der Waals surface area contributed by atoms with Crippen LogP contribution in [0.3, 0.4) is 0 Å². The highest BCUT2D eigenvalue weighted by atomic mass is 19.4. The first-order chi connectivity index (χ1) is 15.6. The molecule has 1 aliphatic rings. The van der Waals surface area contributed by atoms with Crippen LogP contribution in [0.25, 0.3) is 11.1 Å². The Kier molecular flexibility index (Phi) is 7.22. The van der Waals surface area contributed by atoms with Crippen molar-refractivity contribution in [1.82, 2.24) is 10.6 Å². The van der Waals surface area contributed by atoms with Gasteiger partial charge in [-0.05, 0) is 22.3 Å². The van der Waals surface area contributed by atoms with E-state index in [4.69, 9.17) is 14.9 Å². The fourth-order valence-electron chi connectivity index (χ4n) is 3.60. The molecule has 2 unspecified atom stereocenters. The third-order valence-corrected chi connectivity index (χ3v) is 5.26. The van der Waals surface area contributed by atoms with Crippen LogP contribution in [0.5, 0.6) is 0 Å². The number of aliphatic hydroxyl groups excluding tert-OH is 1. The molecule has 3 rings (SSSR count). The second-order valence-corrected chi connectivity index (χ2v) is 7.40. The average molecular weight is 466 g/mol. The summed E-state index contributed by atoms with van der Waals surface area (Å²) in [5.41, 5.74) is 3.82. The van der Waals surface area contributed by atoms with E-state index in [-0.39, 0.29) is 12.5 Å². The monoisotopic (exact) mass is 466 g/mol. The minimum Gasteiger partial charge on any atom is -0.479 e. The SMILES string of the molecule is O=C(NCC(C(=O)NCC(O)C(=O)O)C(F)(F)F)OCC1c2ccccc2-c2ccccc21. The number of nitrogens with one attached hydrogen (secondary N) is 2. The summed E-state index contributed by atoms with van der Waals surface area (Å²) in [4.78, 5) is 34.5. The van der Waals surface area contributed by atoms with Crippen molar-refractivity contribution in [3.05, 3.63) is 59.7 Å². The van der Waals surface area contributed by atoms with E-state index in [1.807, 2.05) is 53.8 Å². The van der Waals surface area contributed by atoms with Gasteiger partial charge < -0.3 is 25.6 Å². The number of halogens is 3. The number of carboxylic acids is 1. The van der Waals surface area contributed by atoms with E-state index in [9.17, 15) is 27.6 Å². The molecule has 4 N–H and O–H groups in total. The van der Waals surface area contributed by atoms with Gasteiger partial charge in [-0.15, -0.1) is 0 Å². The second kappa shape index (κ2) is 9.90. The maximum absolute atomic E-state index is 13.2. The van der Waals surface area contributed by atoms with Gasteiger partial charge >= 0.3 is 18.2 Å². The van der Waals surface area contributed by atoms with Crippen molar-refractivity contribution in [2.45, 2.75) is 18.2 Å². The maximum Gasteiger partial charge on any atom is 0.407 e. The number of ether oxygens (including phenoxy) is 1. The van der Waals surface area contributed by atoms with Gasteiger partial charge in [0, 0.05) is 12.5 Å². The number of fused-ring (bicyclic) bond motifs is 3. The van der Waals surface area contributed by atoms with Crippen LogP contribution in [-0.4, -0.2) is 60.2 Å². The van der Waals surface area contributed by atoms with Gasteiger partial charge in [-0.25, -0.2) is 9.59 Å². The lowest BCUT2D eigenvalue weighted by Crippen LogP contribution is -2.48. The van der Waals surface area contributed by atoms with Crippen LogP contribution in [0.2, 0.25) is 0 Å². The number of rotatable bonds is 8. The predicted molar refractivity (Wildman–Crippen MR) is 109 cm³/mol. The quantitative estimate of drug-likeness (QED) is 0.473. The van der Waals surface area contributed by atoms with Gasteiger partial charge in [0.1, 0.15) is 6.61 Å². The van der Waals surface area contributed by atoms with Gasteiger partial charge in [-0.2, -0.15) is 13.2 Å². The molecule has 2 amide bonds. The maximum atomic E-state index is 13.2. The minimum atomic E-state index is -5.02. The molecule has 176 valence electrons. The highest BCUT2D eigenvalue weighted by molar-refractivity contribution is 5.82. The third-order valence-electron chi connectivity index (χ3n) is 5.26. The molecule has 0 radical (unpaired) electrons. The van der Waals surface area contributed by atoms with Crippen LogP contribution < -0.4 is 10.6 Å². The number of carbonyl (C=O) groups is 3. The van der Waals surface area contributed by atoms with Crippen molar-refractivity contribution in [2.24, 2.45) is 5.92 Å². The number of carbonyl (C=O) groups excluding carboxylic acids is 2. The van der Waals surface area contributed by atoms with Crippen molar-refractivity contribution < 1.29 is 42.5 Å². The van der Waals surface area contributed by atoms with Crippen LogP contribution in [-0.2, 0) is 14.3 Å². The van der Waals surface area contributed by atoms with Gasteiger partial charge in [-0.3, -0.25) is 4.79 Å². The molecule has 0 aliphatic heterocycles. The van der Waals surface area contributed by atoms with Crippen LogP contribution in [0, 0.1) is 5.92 Å². The number of aliphatic hydroxyl groups is 1. The van der Waals surface area contributed by atoms with Crippen LogP contribution in [0.15, 0.2) is 48.5 Å². The van der Waals surface area contributed by atoms with Crippen molar-refractivity contribution in [3.63, 3.8) is 0 Å². The summed E-state index contributed by atoms with van der Waals surface area (Å²) in [6.45, 7) is -2.14. The number of alkyl halides is 3. The summed E-state index contributed by atoms with van der Waals surface area (Å²) in [5, 5.41) is 21.3. The second-order valence-electron chi connectivity index (χ2n) is 7.40. The lowest BCUT2D eigenvalue weighted by Gasteiger charge is -2.21. The molecule has 33 heavy (non-hydrogen) atoms. The largest absolute Gasteiger partial charge is 0.479 e. The Bertz CT molecular complexity index is 997. The third kappa shape index (κ3) is 5.61. The Morgan fingerprint density at radius 3 is 2.00 bits per heavy atom. The number of hydrogen-bond acceptors (Lipinski definition) is 5. The molecule has 0 saturated carbocycles. The molecule has 2 aromatic rings. The van der Waals surface area contributed by atoms with Crippen LogP contribution >= 0.6 is 0 Å². The summed E-state index contributed by atoms with van der Waals surface area (Å²) >= 11 is 0. The van der Waals surface area contributed by atoms with E-state index in [0.717, 1.165) is 22.3 Å². The molecule has 1 aliphatic carbocycles. The van der Waals surface area contributed by atoms with Gasteiger partial charge in [-0.1, -0.05) is 48.5 Å². The Morgan fingerprint density at radius 1 is 0.939 bits per heavy atom. The normalized spacial score (nSPS) is 14.5. The van der Waals surface area contributed by atoms with Crippen LogP contribution in [0.1, 0.15) is 17.0 Å². The molecule has 2 aromatic carbocycles. The van der Waals surface area contributed by atoms with Crippen molar-refractivity contribution in [3.8, 4) is 11.1 Å². The first kappa shape index (κ1) is 24.1. The lowest BCUT2D eigenvalue weighted by atomic mass is 9.98. The van der Waals surface area contributed by atoms with E-state index < -0.39 is 49.3 Å². The molecular formula is C22H21F3N2O6. The fourth-order valence-corrected chi connectivity index (χ4v) is 3.60. The van der Waals surface area contributed by atoms with Gasteiger partial charge in [0.25, 0.3) is 0 Å². The molecule has 0 aromatic heterocycles. The molecule has 0 fully saturated rings. The van der Waals surface area contributed by atoms with Crippen LogP contribution in [0.4, 0.5) is 18.0 Å². The number of amides is 2. The van der Waals surface area contributed by atoms with E-state index in [2.05, 4.69) is 0 Å². The molecule has 8 nitrogen and oxygen atoms in total. The Morgan fingerprint density at radius 2 is 1.48 bits per heavy atom. The Hall–Kier alpha value is -3.60. The Labute approximate surface area is 186 Å². The summed E-state index contributed by atoms with van der Waals surface area (Å²) < 4.78 is 44.8. The molecule has 11 heteroatoms. The van der Waals surface area contributed by atoms with E-state index in [0.29, 0.717) is 0 Å². The smallest absolute Gasteiger partial charge is 0.407 e. The summed E-state index contributed by atoms with van der Waals surface area (Å²) in [6.07, 6.45) is -8.21. The predicted octanol–water partition coefficient (Wildman–Crippen LogP) is 2.27. The van der Waals surface area contributed by atoms with Crippen molar-refractivity contribution in [1.29, 1.82) is 0 Å². The van der Waals surface area contributed by atoms with E-state index >= 15 is 0 Å². The van der Waals surface area contributed by atoms with Gasteiger partial charge in [0.05, 0.1) is 6.54 Å². The average Bonchev–Trinajstić information content (AvgIpc) is 3.09. The summed E-state index contributed by atoms with van der Waals surface area (Å²) in [5.74, 6) is -6.22. The highest BCUT2D eigenvalue weighted by Gasteiger charge is 2.45. The summed E-state index contributed by atoms with van der Waals surface area (Å²) in [6, 6.07) is 15.1. The zero-order chi connectivity index (χ0) is 24.2. The molecule has 0 heterocycles. The molecule has 0 saturated heterocycles. The van der Waals surface area contributed by atoms with Crippen molar-refractivity contribution in [2.75, 3.05) is 19.7 Å². The first-order valence-electron chi connectivity index (χ1n) is 9.93.